The van der Waals surface area contributed by atoms with E-state index in [9.17, 15) is 19.5 Å². The van der Waals surface area contributed by atoms with E-state index < -0.39 is 30.1 Å². The number of fused-ring (bicyclic) bond motifs is 3. The van der Waals surface area contributed by atoms with Gasteiger partial charge in [-0.25, -0.2) is 9.59 Å². The number of amides is 2. The third kappa shape index (κ3) is 6.86. The van der Waals surface area contributed by atoms with Gasteiger partial charge in [0.05, 0.1) is 0 Å². The number of rotatable bonds is 11. The average Bonchev–Trinajstić information content (AvgIpc) is 3.17. The second-order valence-corrected chi connectivity index (χ2v) is 8.60. The van der Waals surface area contributed by atoms with Gasteiger partial charge in [-0.15, -0.1) is 11.8 Å². The first-order valence-electron chi connectivity index (χ1n) is 12.0. The number of carboxylic acid groups (broad SMARTS) is 1. The zero-order valence-corrected chi connectivity index (χ0v) is 20.2. The van der Waals surface area contributed by atoms with Crippen LogP contribution in [-0.2, 0) is 14.3 Å². The predicted molar refractivity (Wildman–Crippen MR) is 134 cm³/mol. The summed E-state index contributed by atoms with van der Waals surface area (Å²) in [6, 6.07) is 14.7. The van der Waals surface area contributed by atoms with Gasteiger partial charge in [0.2, 0.25) is 5.91 Å². The molecule has 0 heterocycles. The second kappa shape index (κ2) is 12.6. The van der Waals surface area contributed by atoms with Gasteiger partial charge in [-0.2, -0.15) is 0 Å². The lowest BCUT2D eigenvalue weighted by atomic mass is 9.98. The van der Waals surface area contributed by atoms with Crippen molar-refractivity contribution in [2.24, 2.45) is 0 Å². The number of carbonyl (C=O) groups is 3. The standard InChI is InChI=1S/C28H32N2O5/c1-3-5-11-19(17-26(31)30-25(27(32)33)16-6-4-2)29-28(34)35-18-24-22-14-9-7-12-20(22)21-13-8-10-15-23(21)24/h7-10,12-15,19,24-25H,3,5,11,16-18H2,1-2H3,(H,29,34)(H,30,31)(H,32,33)/t19-,25?/m0/s1. The van der Waals surface area contributed by atoms with Gasteiger partial charge in [0, 0.05) is 24.8 Å². The molecule has 0 aromatic heterocycles. The minimum atomic E-state index is -1.14. The Morgan fingerprint density at radius 1 is 1.03 bits per heavy atom. The monoisotopic (exact) mass is 476 g/mol. The molecule has 0 saturated heterocycles. The van der Waals surface area contributed by atoms with Gasteiger partial charge < -0.3 is 20.5 Å². The van der Waals surface area contributed by atoms with Crippen molar-refractivity contribution in [3.8, 4) is 23.0 Å². The van der Waals surface area contributed by atoms with Crippen LogP contribution in [0, 0.1) is 11.8 Å². The lowest BCUT2D eigenvalue weighted by Crippen LogP contribution is -2.44. The zero-order valence-electron chi connectivity index (χ0n) is 20.2. The number of ether oxygens (including phenoxy) is 1. The van der Waals surface area contributed by atoms with E-state index in [1.54, 1.807) is 6.92 Å². The number of unbranched alkanes of at least 4 members (excludes halogenated alkanes) is 1. The summed E-state index contributed by atoms with van der Waals surface area (Å²) in [6.07, 6.45) is 1.69. The maximum atomic E-state index is 12.7. The van der Waals surface area contributed by atoms with Crippen LogP contribution in [-0.4, -0.2) is 41.8 Å². The van der Waals surface area contributed by atoms with E-state index in [1.165, 1.54) is 0 Å². The number of alkyl carbamates (subject to hydrolysis) is 1. The van der Waals surface area contributed by atoms with Gasteiger partial charge in [-0.1, -0.05) is 68.3 Å². The van der Waals surface area contributed by atoms with Crippen LogP contribution in [0.2, 0.25) is 0 Å². The lowest BCUT2D eigenvalue weighted by molar-refractivity contribution is -0.141. The first kappa shape index (κ1) is 25.8. The van der Waals surface area contributed by atoms with Gasteiger partial charge in [0.25, 0.3) is 0 Å². The van der Waals surface area contributed by atoms with E-state index >= 15 is 0 Å². The Kier molecular flexibility index (Phi) is 9.31. The third-order valence-electron chi connectivity index (χ3n) is 6.12. The van der Waals surface area contributed by atoms with Crippen LogP contribution in [0.25, 0.3) is 11.1 Å². The minimum absolute atomic E-state index is 0.0248. The smallest absolute Gasteiger partial charge is 0.407 e. The lowest BCUT2D eigenvalue weighted by Gasteiger charge is -2.20. The molecule has 1 unspecified atom stereocenters. The SMILES string of the molecule is CC#CCC(NC(=O)C[C@H](CCCC)NC(=O)OCC1c2ccccc2-c2ccccc21)C(=O)O. The van der Waals surface area contributed by atoms with Crippen LogP contribution in [0.15, 0.2) is 48.5 Å². The van der Waals surface area contributed by atoms with E-state index in [-0.39, 0.29) is 25.4 Å². The van der Waals surface area contributed by atoms with Gasteiger partial charge in [0.1, 0.15) is 12.6 Å². The van der Waals surface area contributed by atoms with Crippen LogP contribution >= 0.6 is 0 Å². The molecule has 2 atom stereocenters. The molecule has 0 fully saturated rings. The summed E-state index contributed by atoms with van der Waals surface area (Å²) in [7, 11) is 0. The largest absolute Gasteiger partial charge is 0.480 e. The van der Waals surface area contributed by atoms with E-state index in [4.69, 9.17) is 4.74 Å². The molecule has 3 N–H and O–H groups in total. The summed E-state index contributed by atoms with van der Waals surface area (Å²) in [4.78, 5) is 36.6. The summed E-state index contributed by atoms with van der Waals surface area (Å²) in [5.74, 6) is 3.66. The number of hydrogen-bond donors (Lipinski definition) is 3. The molecule has 184 valence electrons. The van der Waals surface area contributed by atoms with Gasteiger partial charge in [-0.3, -0.25) is 4.79 Å². The van der Waals surface area contributed by atoms with Crippen molar-refractivity contribution in [1.29, 1.82) is 0 Å². The highest BCUT2D eigenvalue weighted by Gasteiger charge is 2.29. The Labute approximate surface area is 206 Å². The molecule has 2 aromatic rings. The molecular formula is C28H32N2O5. The topological polar surface area (TPSA) is 105 Å². The summed E-state index contributed by atoms with van der Waals surface area (Å²) in [5, 5.41) is 14.6. The van der Waals surface area contributed by atoms with Crippen molar-refractivity contribution in [2.75, 3.05) is 6.61 Å². The molecule has 2 amide bonds. The first-order chi connectivity index (χ1) is 16.9. The number of aliphatic carboxylic acids is 1. The molecule has 0 saturated carbocycles. The Bertz CT molecular complexity index is 1070. The fourth-order valence-electron chi connectivity index (χ4n) is 4.36. The van der Waals surface area contributed by atoms with Crippen molar-refractivity contribution < 1.29 is 24.2 Å². The fourth-order valence-corrected chi connectivity index (χ4v) is 4.36. The van der Waals surface area contributed by atoms with Crippen LogP contribution in [0.1, 0.15) is 63.0 Å². The molecule has 0 radical (unpaired) electrons. The quantitative estimate of drug-likeness (QED) is 0.416. The van der Waals surface area contributed by atoms with E-state index in [0.29, 0.717) is 6.42 Å². The molecular weight excluding hydrogens is 444 g/mol. The van der Waals surface area contributed by atoms with Crippen molar-refractivity contribution in [3.63, 3.8) is 0 Å². The van der Waals surface area contributed by atoms with Crippen LogP contribution < -0.4 is 10.6 Å². The summed E-state index contributed by atoms with van der Waals surface area (Å²) >= 11 is 0. The summed E-state index contributed by atoms with van der Waals surface area (Å²) in [6.45, 7) is 3.82. The molecule has 35 heavy (non-hydrogen) atoms. The average molecular weight is 477 g/mol. The Hall–Kier alpha value is -3.79. The number of benzene rings is 2. The number of carbonyl (C=O) groups excluding carboxylic acids is 2. The number of hydrogen-bond acceptors (Lipinski definition) is 4. The van der Waals surface area contributed by atoms with Gasteiger partial charge >= 0.3 is 12.1 Å². The molecule has 2 aromatic carbocycles. The molecule has 7 heteroatoms. The van der Waals surface area contributed by atoms with Crippen molar-refractivity contribution in [1.82, 2.24) is 10.6 Å². The van der Waals surface area contributed by atoms with E-state index in [1.807, 2.05) is 31.2 Å². The van der Waals surface area contributed by atoms with Crippen LogP contribution in [0.4, 0.5) is 4.79 Å². The Morgan fingerprint density at radius 3 is 2.23 bits per heavy atom. The zero-order chi connectivity index (χ0) is 25.2. The van der Waals surface area contributed by atoms with Crippen molar-refractivity contribution in [2.45, 2.75) is 64.0 Å². The molecule has 1 aliphatic rings. The first-order valence-corrected chi connectivity index (χ1v) is 12.0. The number of carboxylic acids is 1. The highest BCUT2D eigenvalue weighted by molar-refractivity contribution is 5.84. The minimum Gasteiger partial charge on any atom is -0.480 e. The second-order valence-electron chi connectivity index (χ2n) is 8.60. The molecule has 0 bridgehead atoms. The van der Waals surface area contributed by atoms with Gasteiger partial charge in [0.15, 0.2) is 0 Å². The summed E-state index contributed by atoms with van der Waals surface area (Å²) < 4.78 is 5.61. The highest BCUT2D eigenvalue weighted by atomic mass is 16.5. The summed E-state index contributed by atoms with van der Waals surface area (Å²) in [5.41, 5.74) is 4.54. The highest BCUT2D eigenvalue weighted by Crippen LogP contribution is 2.44. The van der Waals surface area contributed by atoms with Crippen LogP contribution in [0.5, 0.6) is 0 Å². The fraction of sp³-hybridized carbons (Fsp3) is 0.393. The molecule has 1 aliphatic carbocycles. The normalized spacial score (nSPS) is 13.4. The maximum Gasteiger partial charge on any atom is 0.407 e. The van der Waals surface area contributed by atoms with Crippen molar-refractivity contribution >= 4 is 18.0 Å². The van der Waals surface area contributed by atoms with E-state index in [0.717, 1.165) is 35.1 Å². The third-order valence-corrected chi connectivity index (χ3v) is 6.12. The Morgan fingerprint density at radius 2 is 1.66 bits per heavy atom. The van der Waals surface area contributed by atoms with Crippen LogP contribution in [0.3, 0.4) is 0 Å². The predicted octanol–water partition coefficient (Wildman–Crippen LogP) is 4.46. The maximum absolute atomic E-state index is 12.7. The molecule has 0 aliphatic heterocycles. The number of nitrogens with one attached hydrogen (secondary N) is 2. The molecule has 7 nitrogen and oxygen atoms in total. The van der Waals surface area contributed by atoms with Crippen molar-refractivity contribution in [3.05, 3.63) is 59.7 Å². The van der Waals surface area contributed by atoms with E-state index in [2.05, 4.69) is 46.7 Å². The molecule has 3 rings (SSSR count). The van der Waals surface area contributed by atoms with Gasteiger partial charge in [-0.05, 0) is 35.6 Å². The Balaban J connectivity index is 1.60. The molecule has 0 spiro atoms.